The van der Waals surface area contributed by atoms with Crippen molar-refractivity contribution in [2.75, 3.05) is 0 Å². The maximum absolute atomic E-state index is 2.48. The van der Waals surface area contributed by atoms with Crippen molar-refractivity contribution in [3.05, 3.63) is 36.4 Å². The number of aromatic nitrogens is 4. The van der Waals surface area contributed by atoms with Crippen molar-refractivity contribution in [3.8, 4) is 0 Å². The lowest BCUT2D eigenvalue weighted by atomic mass is 9.86. The van der Waals surface area contributed by atoms with Gasteiger partial charge in [-0.25, -0.2) is 18.3 Å². The molecule has 2 atom stereocenters. The van der Waals surface area contributed by atoms with Crippen LogP contribution in [0.4, 0.5) is 0 Å². The molecule has 26 heavy (non-hydrogen) atoms. The normalized spacial score (nSPS) is 14.4. The molecule has 0 amide bonds. The van der Waals surface area contributed by atoms with Crippen molar-refractivity contribution in [3.63, 3.8) is 0 Å². The second-order valence-electron chi connectivity index (χ2n) is 8.71. The molecule has 4 heteroatoms. The van der Waals surface area contributed by atoms with Crippen molar-refractivity contribution in [1.29, 1.82) is 0 Å². The van der Waals surface area contributed by atoms with Crippen molar-refractivity contribution in [1.82, 2.24) is 9.13 Å². The zero-order chi connectivity index (χ0) is 19.4. The van der Waals surface area contributed by atoms with E-state index >= 15 is 0 Å². The van der Waals surface area contributed by atoms with Crippen LogP contribution < -0.4 is 9.13 Å². The Labute approximate surface area is 160 Å². The maximum Gasteiger partial charge on any atom is 0.259 e. The highest BCUT2D eigenvalue weighted by molar-refractivity contribution is 4.95. The Kier molecular flexibility index (Phi) is 7.08. The first-order valence-corrected chi connectivity index (χ1v) is 10.4. The first-order chi connectivity index (χ1) is 12.3. The Morgan fingerprint density at radius 3 is 1.81 bits per heavy atom. The van der Waals surface area contributed by atoms with Crippen molar-refractivity contribution in [2.45, 2.75) is 79.3 Å². The minimum atomic E-state index is 0.583. The van der Waals surface area contributed by atoms with Gasteiger partial charge < -0.3 is 0 Å². The molecule has 0 aliphatic heterocycles. The van der Waals surface area contributed by atoms with Crippen LogP contribution in [0.2, 0.25) is 0 Å². The van der Waals surface area contributed by atoms with E-state index in [0.717, 1.165) is 13.1 Å². The highest BCUT2D eigenvalue weighted by Gasteiger charge is 2.30. The average molecular weight is 361 g/mol. The predicted octanol–water partition coefficient (Wildman–Crippen LogP) is 3.94. The van der Waals surface area contributed by atoms with E-state index in [0.29, 0.717) is 23.7 Å². The predicted molar refractivity (Wildman–Crippen MR) is 107 cm³/mol. The Morgan fingerprint density at radius 2 is 1.35 bits per heavy atom. The van der Waals surface area contributed by atoms with E-state index in [1.165, 1.54) is 24.5 Å². The molecule has 0 bridgehead atoms. The third-order valence-corrected chi connectivity index (χ3v) is 5.75. The molecule has 0 radical (unpaired) electrons. The second kappa shape index (κ2) is 8.88. The second-order valence-corrected chi connectivity index (χ2v) is 8.71. The van der Waals surface area contributed by atoms with Gasteiger partial charge in [0.15, 0.2) is 0 Å². The smallest absolute Gasteiger partial charge is 0.237 e. The molecule has 0 fully saturated rings. The Balaban J connectivity index is 2.24. The van der Waals surface area contributed by atoms with Gasteiger partial charge in [-0.05, 0) is 24.7 Å². The zero-order valence-corrected chi connectivity index (χ0v) is 18.2. The van der Waals surface area contributed by atoms with Crippen LogP contribution in [0.25, 0.3) is 0 Å². The molecule has 0 spiro atoms. The summed E-state index contributed by atoms with van der Waals surface area (Å²) >= 11 is 0. The molecule has 4 nitrogen and oxygen atoms in total. The zero-order valence-electron chi connectivity index (χ0n) is 18.2. The van der Waals surface area contributed by atoms with Crippen molar-refractivity contribution < 1.29 is 9.13 Å². The van der Waals surface area contributed by atoms with Crippen molar-refractivity contribution >= 4 is 0 Å². The lowest BCUT2D eigenvalue weighted by molar-refractivity contribution is -0.785. The Hall–Kier alpha value is -1.58. The van der Waals surface area contributed by atoms with Crippen LogP contribution >= 0.6 is 0 Å². The average Bonchev–Trinajstić information content (AvgIpc) is 3.12. The summed E-state index contributed by atoms with van der Waals surface area (Å²) in [6.07, 6.45) is 11.3. The van der Waals surface area contributed by atoms with E-state index in [9.17, 15) is 0 Å². The number of nitrogens with zero attached hydrogens (tertiary/aromatic N) is 4. The number of imidazole rings is 2. The first kappa shape index (κ1) is 20.7. The SMILES string of the molecule is CCC(C)c1n(C)cc[n+]1CC[n+]1ccn(C)c1C(CC(C)C)C(C)C. The van der Waals surface area contributed by atoms with E-state index in [-0.39, 0.29) is 0 Å². The molecular formula is C22H40N4+2. The highest BCUT2D eigenvalue weighted by Crippen LogP contribution is 2.28. The minimum absolute atomic E-state index is 0.583. The van der Waals surface area contributed by atoms with Crippen molar-refractivity contribution in [2.24, 2.45) is 25.9 Å². The van der Waals surface area contributed by atoms with Crippen LogP contribution in [-0.4, -0.2) is 9.13 Å². The summed E-state index contributed by atoms with van der Waals surface area (Å²) in [4.78, 5) is 0. The molecule has 2 unspecified atom stereocenters. The maximum atomic E-state index is 2.48. The van der Waals surface area contributed by atoms with Gasteiger partial charge in [0.2, 0.25) is 0 Å². The topological polar surface area (TPSA) is 17.6 Å². The third-order valence-electron chi connectivity index (χ3n) is 5.75. The van der Waals surface area contributed by atoms with Crippen LogP contribution in [0.3, 0.4) is 0 Å². The molecule has 2 aromatic heterocycles. The van der Waals surface area contributed by atoms with E-state index in [1.807, 2.05) is 0 Å². The Bertz CT molecular complexity index is 693. The molecule has 0 saturated carbocycles. The number of aryl methyl sites for hydroxylation is 4. The standard InChI is InChI=1S/C22H40N4/c1-9-19(6)21-23(7)10-12-25(21)14-15-26-13-11-24(8)22(26)20(18(4)5)16-17(2)3/h10-13,17-20H,9,14-16H2,1-8H3/q+2. The fourth-order valence-corrected chi connectivity index (χ4v) is 4.14. The Morgan fingerprint density at radius 1 is 0.846 bits per heavy atom. The van der Waals surface area contributed by atoms with Gasteiger partial charge in [0.25, 0.3) is 11.6 Å². The van der Waals surface area contributed by atoms with Gasteiger partial charge in [-0.2, -0.15) is 0 Å². The van der Waals surface area contributed by atoms with Gasteiger partial charge in [0.1, 0.15) is 37.9 Å². The lowest BCUT2D eigenvalue weighted by Gasteiger charge is -2.20. The first-order valence-electron chi connectivity index (χ1n) is 10.4. The summed E-state index contributed by atoms with van der Waals surface area (Å²) in [7, 11) is 4.36. The van der Waals surface area contributed by atoms with Crippen LogP contribution in [-0.2, 0) is 27.2 Å². The molecule has 146 valence electrons. The molecule has 0 saturated heterocycles. The van der Waals surface area contributed by atoms with Gasteiger partial charge in [-0.15, -0.1) is 0 Å². The molecule has 0 aliphatic carbocycles. The number of rotatable bonds is 9. The van der Waals surface area contributed by atoms with E-state index in [4.69, 9.17) is 0 Å². The molecular weight excluding hydrogens is 320 g/mol. The lowest BCUT2D eigenvalue weighted by Crippen LogP contribution is -2.48. The minimum Gasteiger partial charge on any atom is -0.237 e. The fourth-order valence-electron chi connectivity index (χ4n) is 4.14. The molecule has 0 aromatic carbocycles. The van der Waals surface area contributed by atoms with Crippen LogP contribution in [0.15, 0.2) is 24.8 Å². The van der Waals surface area contributed by atoms with E-state index in [1.54, 1.807) is 0 Å². The molecule has 0 aliphatic rings. The molecule has 2 heterocycles. The monoisotopic (exact) mass is 360 g/mol. The largest absolute Gasteiger partial charge is 0.259 e. The van der Waals surface area contributed by atoms with Gasteiger partial charge in [0, 0.05) is 0 Å². The van der Waals surface area contributed by atoms with Gasteiger partial charge in [0.05, 0.1) is 25.9 Å². The summed E-state index contributed by atoms with van der Waals surface area (Å²) in [6.45, 7) is 16.0. The fraction of sp³-hybridized carbons (Fsp3) is 0.727. The van der Waals surface area contributed by atoms with Gasteiger partial charge in [-0.3, -0.25) is 0 Å². The van der Waals surface area contributed by atoms with Gasteiger partial charge in [-0.1, -0.05) is 41.5 Å². The summed E-state index contributed by atoms with van der Waals surface area (Å²) in [5.74, 6) is 5.44. The van der Waals surface area contributed by atoms with E-state index < -0.39 is 0 Å². The van der Waals surface area contributed by atoms with Crippen LogP contribution in [0.5, 0.6) is 0 Å². The van der Waals surface area contributed by atoms with E-state index in [2.05, 4.69) is 98.7 Å². The summed E-state index contributed by atoms with van der Waals surface area (Å²) in [6, 6.07) is 0. The molecule has 2 rings (SSSR count). The molecule has 2 aromatic rings. The number of hydrogen-bond acceptors (Lipinski definition) is 0. The van der Waals surface area contributed by atoms with Crippen LogP contribution in [0.1, 0.15) is 77.9 Å². The summed E-state index contributed by atoms with van der Waals surface area (Å²) < 4.78 is 9.52. The quantitative estimate of drug-likeness (QED) is 0.603. The third kappa shape index (κ3) is 4.57. The number of hydrogen-bond donors (Lipinski definition) is 0. The van der Waals surface area contributed by atoms with Crippen LogP contribution in [0, 0.1) is 11.8 Å². The summed E-state index contributed by atoms with van der Waals surface area (Å²) in [5, 5.41) is 0. The van der Waals surface area contributed by atoms with Gasteiger partial charge >= 0.3 is 0 Å². The summed E-state index contributed by atoms with van der Waals surface area (Å²) in [5.41, 5.74) is 0. The highest BCUT2D eigenvalue weighted by atomic mass is 15.2. The molecule has 0 N–H and O–H groups in total.